The molecule has 154 valence electrons. The first-order valence-electron chi connectivity index (χ1n) is 8.63. The van der Waals surface area contributed by atoms with Gasteiger partial charge in [0.2, 0.25) is 0 Å². The van der Waals surface area contributed by atoms with Crippen LogP contribution in [0, 0.1) is 0 Å². The fourth-order valence-electron chi connectivity index (χ4n) is 3.21. The van der Waals surface area contributed by atoms with Crippen molar-refractivity contribution in [1.29, 1.82) is 0 Å². The number of rotatable bonds is 5. The molecule has 0 bridgehead atoms. The van der Waals surface area contributed by atoms with Crippen molar-refractivity contribution in [3.05, 3.63) is 12.7 Å². The number of aliphatic hydroxyl groups excluding tert-OH is 2. The Balaban J connectivity index is 1.47. The summed E-state index contributed by atoms with van der Waals surface area (Å²) in [6.07, 6.45) is -2.11. The van der Waals surface area contributed by atoms with Gasteiger partial charge in [0, 0.05) is 13.1 Å². The van der Waals surface area contributed by atoms with Crippen molar-refractivity contribution in [2.75, 3.05) is 38.6 Å². The minimum Gasteiger partial charge on any atom is -0.387 e. The quantitative estimate of drug-likeness (QED) is 0.414. The van der Waals surface area contributed by atoms with Gasteiger partial charge in [-0.05, 0) is 0 Å². The van der Waals surface area contributed by atoms with Gasteiger partial charge in [-0.15, -0.1) is 0 Å². The highest BCUT2D eigenvalue weighted by Gasteiger charge is 2.45. The monoisotopic (exact) mass is 416 g/mol. The molecule has 14 heteroatoms. The van der Waals surface area contributed by atoms with Crippen LogP contribution >= 0.6 is 7.75 Å². The number of nitrogen functional groups attached to an aromatic ring is 1. The van der Waals surface area contributed by atoms with E-state index in [1.165, 1.54) is 21.9 Å². The molecule has 2 aliphatic heterocycles. The second-order valence-electron chi connectivity index (χ2n) is 6.48. The summed E-state index contributed by atoms with van der Waals surface area (Å²) in [6.45, 7) is 0.792. The van der Waals surface area contributed by atoms with E-state index >= 15 is 0 Å². The fourth-order valence-corrected chi connectivity index (χ4v) is 4.38. The van der Waals surface area contributed by atoms with Crippen molar-refractivity contribution in [3.63, 3.8) is 0 Å². The van der Waals surface area contributed by atoms with E-state index in [0.717, 1.165) is 0 Å². The number of aliphatic hydroxyl groups is 2. The van der Waals surface area contributed by atoms with Crippen LogP contribution in [0.15, 0.2) is 12.7 Å². The highest BCUT2D eigenvalue weighted by molar-refractivity contribution is 7.50. The SMILES string of the molecule is Nc1ncnc2c1ncn2[C@@H]1O[C@H](COP(=O)(O)N2CCOCC2)C(O)C1O. The number of ether oxygens (including phenoxy) is 2. The Labute approximate surface area is 159 Å². The molecule has 4 heterocycles. The van der Waals surface area contributed by atoms with Crippen molar-refractivity contribution >= 4 is 24.7 Å². The van der Waals surface area contributed by atoms with E-state index in [-0.39, 0.29) is 25.5 Å². The van der Waals surface area contributed by atoms with Gasteiger partial charge in [0.15, 0.2) is 17.7 Å². The Morgan fingerprint density at radius 2 is 2.00 bits per heavy atom. The summed E-state index contributed by atoms with van der Waals surface area (Å²) in [5.41, 5.74) is 6.41. The van der Waals surface area contributed by atoms with Gasteiger partial charge in [-0.3, -0.25) is 9.09 Å². The summed E-state index contributed by atoms with van der Waals surface area (Å²) < 4.78 is 31.1. The van der Waals surface area contributed by atoms with Gasteiger partial charge >= 0.3 is 7.75 Å². The Morgan fingerprint density at radius 3 is 2.75 bits per heavy atom. The van der Waals surface area contributed by atoms with Gasteiger partial charge in [-0.1, -0.05) is 0 Å². The second-order valence-corrected chi connectivity index (χ2v) is 8.29. The van der Waals surface area contributed by atoms with E-state index in [2.05, 4.69) is 15.0 Å². The zero-order valence-corrected chi connectivity index (χ0v) is 15.6. The largest absolute Gasteiger partial charge is 0.405 e. The maximum Gasteiger partial charge on any atom is 0.405 e. The molecule has 5 N–H and O–H groups in total. The standard InChI is InChI=1S/C14H21N6O7P/c15-12-9-13(17-6-16-12)20(7-18-9)14-11(22)10(21)8(27-14)5-26-28(23,24)19-1-3-25-4-2-19/h6-8,10-11,14,21-22H,1-5H2,(H,23,24)(H2,15,16,17)/t8-,10?,11?,14-/m1/s1. The first-order valence-corrected chi connectivity index (χ1v) is 10.2. The predicted octanol–water partition coefficient (Wildman–Crippen LogP) is -1.52. The normalized spacial score (nSPS) is 31.2. The molecule has 2 aromatic rings. The lowest BCUT2D eigenvalue weighted by molar-refractivity contribution is -0.0507. The number of hydrogen-bond acceptors (Lipinski definition) is 10. The molecule has 0 aromatic carbocycles. The van der Waals surface area contributed by atoms with Crippen LogP contribution in [-0.2, 0) is 18.6 Å². The van der Waals surface area contributed by atoms with Crippen LogP contribution in [-0.4, -0.2) is 90.5 Å². The van der Waals surface area contributed by atoms with Crippen LogP contribution in [0.25, 0.3) is 11.2 Å². The Morgan fingerprint density at radius 1 is 1.25 bits per heavy atom. The van der Waals surface area contributed by atoms with Crippen molar-refractivity contribution in [1.82, 2.24) is 24.2 Å². The van der Waals surface area contributed by atoms with Crippen LogP contribution in [0.3, 0.4) is 0 Å². The van der Waals surface area contributed by atoms with E-state index in [9.17, 15) is 19.7 Å². The molecule has 3 unspecified atom stereocenters. The van der Waals surface area contributed by atoms with Gasteiger partial charge in [0.1, 0.15) is 30.2 Å². The van der Waals surface area contributed by atoms with Gasteiger partial charge in [-0.2, -0.15) is 0 Å². The molecule has 0 aliphatic carbocycles. The van der Waals surface area contributed by atoms with E-state index < -0.39 is 32.3 Å². The van der Waals surface area contributed by atoms with Crippen molar-refractivity contribution in [2.24, 2.45) is 0 Å². The topological polar surface area (TPSA) is 178 Å². The smallest absolute Gasteiger partial charge is 0.387 e. The lowest BCUT2D eigenvalue weighted by Gasteiger charge is -2.30. The van der Waals surface area contributed by atoms with E-state index in [4.69, 9.17) is 19.7 Å². The lowest BCUT2D eigenvalue weighted by Crippen LogP contribution is -2.36. The van der Waals surface area contributed by atoms with Gasteiger partial charge in [0.05, 0.1) is 26.1 Å². The van der Waals surface area contributed by atoms with Gasteiger partial charge in [-0.25, -0.2) is 24.2 Å². The maximum absolute atomic E-state index is 12.4. The summed E-state index contributed by atoms with van der Waals surface area (Å²) in [5.74, 6) is 0.170. The van der Waals surface area contributed by atoms with Crippen LogP contribution in [0.2, 0.25) is 0 Å². The molecule has 5 atom stereocenters. The van der Waals surface area contributed by atoms with Crippen molar-refractivity contribution in [2.45, 2.75) is 24.5 Å². The zero-order valence-electron chi connectivity index (χ0n) is 14.7. The van der Waals surface area contributed by atoms with Crippen LogP contribution in [0.4, 0.5) is 5.82 Å². The molecule has 28 heavy (non-hydrogen) atoms. The van der Waals surface area contributed by atoms with Crippen molar-refractivity contribution in [3.8, 4) is 0 Å². The molecule has 2 fully saturated rings. The summed E-state index contributed by atoms with van der Waals surface area (Å²) in [7, 11) is -4.07. The molecule has 0 spiro atoms. The van der Waals surface area contributed by atoms with Crippen LogP contribution in [0.5, 0.6) is 0 Å². The molecular weight excluding hydrogens is 395 g/mol. The molecule has 2 aromatic heterocycles. The number of hydrogen-bond donors (Lipinski definition) is 4. The number of anilines is 1. The molecule has 4 rings (SSSR count). The Hall–Kier alpha value is -1.70. The van der Waals surface area contributed by atoms with Gasteiger partial charge in [0.25, 0.3) is 0 Å². The third kappa shape index (κ3) is 3.51. The summed E-state index contributed by atoms with van der Waals surface area (Å²) in [4.78, 5) is 22.2. The highest BCUT2D eigenvalue weighted by atomic mass is 31.2. The average molecular weight is 416 g/mol. The minimum atomic E-state index is -4.07. The van der Waals surface area contributed by atoms with E-state index in [0.29, 0.717) is 24.4 Å². The predicted molar refractivity (Wildman–Crippen MR) is 93.8 cm³/mol. The lowest BCUT2D eigenvalue weighted by atomic mass is 10.1. The van der Waals surface area contributed by atoms with Crippen molar-refractivity contribution < 1.29 is 33.7 Å². The van der Waals surface area contributed by atoms with E-state index in [1.54, 1.807) is 0 Å². The number of aromatic nitrogens is 4. The number of nitrogens with two attached hydrogens (primary N) is 1. The third-order valence-corrected chi connectivity index (χ3v) is 6.35. The molecule has 2 aliphatic rings. The van der Waals surface area contributed by atoms with Gasteiger partial charge < -0.3 is 30.3 Å². The number of nitrogens with zero attached hydrogens (tertiary/aromatic N) is 5. The number of morpholine rings is 1. The molecule has 0 radical (unpaired) electrons. The Kier molecular flexibility index (Phi) is 5.33. The molecule has 0 amide bonds. The van der Waals surface area contributed by atoms with Crippen LogP contribution in [0.1, 0.15) is 6.23 Å². The fraction of sp³-hybridized carbons (Fsp3) is 0.643. The van der Waals surface area contributed by atoms with E-state index in [1.807, 2.05) is 0 Å². The first-order chi connectivity index (χ1) is 13.4. The average Bonchev–Trinajstić information content (AvgIpc) is 3.24. The molecule has 0 saturated carbocycles. The molecular formula is C14H21N6O7P. The summed E-state index contributed by atoms with van der Waals surface area (Å²) in [5, 5.41) is 20.7. The minimum absolute atomic E-state index is 0.170. The zero-order chi connectivity index (χ0) is 19.9. The molecule has 2 saturated heterocycles. The summed E-state index contributed by atoms with van der Waals surface area (Å²) in [6, 6.07) is 0. The Bertz CT molecular complexity index is 890. The summed E-state index contributed by atoms with van der Waals surface area (Å²) >= 11 is 0. The molecule has 13 nitrogen and oxygen atoms in total. The maximum atomic E-state index is 12.4. The third-order valence-electron chi connectivity index (χ3n) is 4.75. The number of fused-ring (bicyclic) bond motifs is 1. The number of imidazole rings is 1. The highest BCUT2D eigenvalue weighted by Crippen LogP contribution is 2.47. The van der Waals surface area contributed by atoms with Crippen LogP contribution < -0.4 is 5.73 Å². The first kappa shape index (κ1) is 19.6. The second kappa shape index (κ2) is 7.61.